The van der Waals surface area contributed by atoms with Crippen molar-refractivity contribution in [3.63, 3.8) is 0 Å². The van der Waals surface area contributed by atoms with Gasteiger partial charge in [0.05, 0.1) is 0 Å². The van der Waals surface area contributed by atoms with E-state index in [1.165, 1.54) is 5.56 Å². The van der Waals surface area contributed by atoms with Gasteiger partial charge in [-0.1, -0.05) is 34.1 Å². The van der Waals surface area contributed by atoms with Crippen LogP contribution in [0.25, 0.3) is 0 Å². The zero-order chi connectivity index (χ0) is 11.8. The minimum Gasteiger partial charge on any atom is -0.478 e. The van der Waals surface area contributed by atoms with Crippen LogP contribution in [0.4, 0.5) is 0 Å². The third-order valence-electron chi connectivity index (χ3n) is 2.03. The molecule has 4 heteroatoms. The number of hydrogen-bond donors (Lipinski definition) is 2. The molecule has 0 aliphatic carbocycles. The van der Waals surface area contributed by atoms with Crippen molar-refractivity contribution in [3.8, 4) is 0 Å². The molecule has 16 heavy (non-hydrogen) atoms. The van der Waals surface area contributed by atoms with Crippen LogP contribution in [0.2, 0.25) is 0 Å². The second-order valence-corrected chi connectivity index (χ2v) is 4.24. The zero-order valence-corrected chi connectivity index (χ0v) is 10.4. The maximum atomic E-state index is 10.2. The highest BCUT2D eigenvalue weighted by atomic mass is 79.9. The number of hydrogen-bond acceptors (Lipinski definition) is 2. The molecule has 3 nitrogen and oxygen atoms in total. The lowest BCUT2D eigenvalue weighted by atomic mass is 10.1. The van der Waals surface area contributed by atoms with Crippen molar-refractivity contribution < 1.29 is 9.90 Å². The number of carbonyl (C=O) groups is 1. The van der Waals surface area contributed by atoms with Gasteiger partial charge in [-0.3, -0.25) is 0 Å². The van der Waals surface area contributed by atoms with E-state index < -0.39 is 5.97 Å². The number of carboxylic acid groups (broad SMARTS) is 1. The van der Waals surface area contributed by atoms with E-state index in [0.717, 1.165) is 23.5 Å². The van der Waals surface area contributed by atoms with Gasteiger partial charge >= 0.3 is 5.97 Å². The van der Waals surface area contributed by atoms with Crippen LogP contribution < -0.4 is 5.32 Å². The molecule has 0 bridgehead atoms. The maximum absolute atomic E-state index is 10.2. The van der Waals surface area contributed by atoms with Crippen molar-refractivity contribution in [1.29, 1.82) is 0 Å². The van der Waals surface area contributed by atoms with Crippen LogP contribution in [0.3, 0.4) is 0 Å². The third kappa shape index (κ3) is 5.68. The van der Waals surface area contributed by atoms with E-state index in [9.17, 15) is 4.79 Å². The first kappa shape index (κ1) is 12.9. The minimum atomic E-state index is -0.908. The van der Waals surface area contributed by atoms with Gasteiger partial charge in [0.2, 0.25) is 0 Å². The monoisotopic (exact) mass is 283 g/mol. The van der Waals surface area contributed by atoms with E-state index in [1.54, 1.807) is 6.08 Å². The van der Waals surface area contributed by atoms with E-state index >= 15 is 0 Å². The molecular formula is C12H14BrNO2. The smallest absolute Gasteiger partial charge is 0.328 e. The van der Waals surface area contributed by atoms with Crippen LogP contribution in [0.5, 0.6) is 0 Å². The number of halogens is 1. The third-order valence-corrected chi connectivity index (χ3v) is 2.55. The van der Waals surface area contributed by atoms with Gasteiger partial charge < -0.3 is 10.4 Å². The normalized spacial score (nSPS) is 10.8. The molecule has 0 atom stereocenters. The van der Waals surface area contributed by atoms with Gasteiger partial charge in [-0.05, 0) is 30.7 Å². The Hall–Kier alpha value is -1.13. The van der Waals surface area contributed by atoms with Crippen molar-refractivity contribution in [2.75, 3.05) is 13.1 Å². The highest BCUT2D eigenvalue weighted by Crippen LogP contribution is 2.10. The largest absolute Gasteiger partial charge is 0.478 e. The molecule has 1 aromatic rings. The van der Waals surface area contributed by atoms with Gasteiger partial charge in [-0.25, -0.2) is 4.79 Å². The Morgan fingerprint density at radius 3 is 2.69 bits per heavy atom. The predicted octanol–water partition coefficient (Wildman–Crippen LogP) is 2.22. The van der Waals surface area contributed by atoms with Gasteiger partial charge in [-0.15, -0.1) is 0 Å². The van der Waals surface area contributed by atoms with E-state index in [2.05, 4.69) is 33.4 Å². The first-order valence-corrected chi connectivity index (χ1v) is 5.82. The van der Waals surface area contributed by atoms with E-state index in [4.69, 9.17) is 5.11 Å². The molecular weight excluding hydrogens is 270 g/mol. The number of nitrogens with one attached hydrogen (secondary N) is 1. The SMILES string of the molecule is O=C(O)/C=C/CNCCc1ccc(Br)cc1. The summed E-state index contributed by atoms with van der Waals surface area (Å²) in [4.78, 5) is 10.2. The fraction of sp³-hybridized carbons (Fsp3) is 0.250. The number of benzene rings is 1. The molecule has 86 valence electrons. The van der Waals surface area contributed by atoms with Crippen LogP contribution in [0.1, 0.15) is 5.56 Å². The van der Waals surface area contributed by atoms with Crippen LogP contribution >= 0.6 is 15.9 Å². The van der Waals surface area contributed by atoms with Crippen molar-refractivity contribution in [2.45, 2.75) is 6.42 Å². The molecule has 0 radical (unpaired) electrons. The molecule has 0 aromatic heterocycles. The average molecular weight is 284 g/mol. The van der Waals surface area contributed by atoms with Gasteiger partial charge in [0, 0.05) is 17.1 Å². The average Bonchev–Trinajstić information content (AvgIpc) is 2.25. The van der Waals surface area contributed by atoms with Gasteiger partial charge in [0.1, 0.15) is 0 Å². The first-order chi connectivity index (χ1) is 7.68. The summed E-state index contributed by atoms with van der Waals surface area (Å²) in [5.74, 6) is -0.908. The highest BCUT2D eigenvalue weighted by molar-refractivity contribution is 9.10. The molecule has 0 aliphatic heterocycles. The molecule has 1 aromatic carbocycles. The summed E-state index contributed by atoms with van der Waals surface area (Å²) >= 11 is 3.38. The quantitative estimate of drug-likeness (QED) is 0.622. The van der Waals surface area contributed by atoms with Crippen LogP contribution in [0, 0.1) is 0 Å². The molecule has 0 unspecified atom stereocenters. The second kappa shape index (κ2) is 7.19. The second-order valence-electron chi connectivity index (χ2n) is 3.32. The van der Waals surface area contributed by atoms with Gasteiger partial charge in [0.15, 0.2) is 0 Å². The Kier molecular flexibility index (Phi) is 5.82. The van der Waals surface area contributed by atoms with Crippen LogP contribution in [-0.4, -0.2) is 24.2 Å². The lowest BCUT2D eigenvalue weighted by Gasteiger charge is -2.02. The lowest BCUT2D eigenvalue weighted by Crippen LogP contribution is -2.17. The molecule has 0 spiro atoms. The zero-order valence-electron chi connectivity index (χ0n) is 8.82. The van der Waals surface area contributed by atoms with E-state index in [0.29, 0.717) is 6.54 Å². The van der Waals surface area contributed by atoms with Crippen molar-refractivity contribution in [2.24, 2.45) is 0 Å². The number of aliphatic carboxylic acids is 1. The van der Waals surface area contributed by atoms with Crippen molar-refractivity contribution in [1.82, 2.24) is 5.32 Å². The fourth-order valence-corrected chi connectivity index (χ4v) is 1.49. The Morgan fingerprint density at radius 2 is 2.06 bits per heavy atom. The first-order valence-electron chi connectivity index (χ1n) is 5.03. The lowest BCUT2D eigenvalue weighted by molar-refractivity contribution is -0.131. The summed E-state index contributed by atoms with van der Waals surface area (Å²) in [5, 5.41) is 11.5. The minimum absolute atomic E-state index is 0.586. The molecule has 0 saturated heterocycles. The molecule has 1 rings (SSSR count). The number of carboxylic acids is 1. The summed E-state index contributed by atoms with van der Waals surface area (Å²) in [7, 11) is 0. The Bertz CT molecular complexity index is 360. The Labute approximate surface area is 103 Å². The topological polar surface area (TPSA) is 49.3 Å². The van der Waals surface area contributed by atoms with Gasteiger partial charge in [0.25, 0.3) is 0 Å². The molecule has 2 N–H and O–H groups in total. The summed E-state index contributed by atoms with van der Waals surface area (Å²) < 4.78 is 1.08. The molecule has 0 fully saturated rings. The number of rotatable bonds is 6. The summed E-state index contributed by atoms with van der Waals surface area (Å²) in [6, 6.07) is 8.16. The van der Waals surface area contributed by atoms with E-state index in [1.807, 2.05) is 12.1 Å². The predicted molar refractivity (Wildman–Crippen MR) is 67.5 cm³/mol. The highest BCUT2D eigenvalue weighted by Gasteiger charge is 1.92. The molecule has 0 heterocycles. The molecule has 0 saturated carbocycles. The van der Waals surface area contributed by atoms with Crippen LogP contribution in [-0.2, 0) is 11.2 Å². The summed E-state index contributed by atoms with van der Waals surface area (Å²) in [6.07, 6.45) is 3.69. The molecule has 0 aliphatic rings. The Balaban J connectivity index is 2.16. The summed E-state index contributed by atoms with van der Waals surface area (Å²) in [6.45, 7) is 1.43. The van der Waals surface area contributed by atoms with Gasteiger partial charge in [-0.2, -0.15) is 0 Å². The molecule has 0 amide bonds. The standard InChI is InChI=1S/C12H14BrNO2/c13-11-5-3-10(4-6-11)7-9-14-8-1-2-12(15)16/h1-6,14H,7-9H2,(H,15,16)/b2-1+. The van der Waals surface area contributed by atoms with E-state index in [-0.39, 0.29) is 0 Å². The van der Waals surface area contributed by atoms with Crippen molar-refractivity contribution >= 4 is 21.9 Å². The Morgan fingerprint density at radius 1 is 1.38 bits per heavy atom. The van der Waals surface area contributed by atoms with Crippen LogP contribution in [0.15, 0.2) is 40.9 Å². The maximum Gasteiger partial charge on any atom is 0.328 e. The summed E-state index contributed by atoms with van der Waals surface area (Å²) in [5.41, 5.74) is 1.26. The fourth-order valence-electron chi connectivity index (χ4n) is 1.23. The van der Waals surface area contributed by atoms with Crippen molar-refractivity contribution in [3.05, 3.63) is 46.5 Å².